The Labute approximate surface area is 115 Å². The van der Waals surface area contributed by atoms with E-state index in [1.165, 1.54) is 19.2 Å². The van der Waals surface area contributed by atoms with Gasteiger partial charge in [0.1, 0.15) is 0 Å². The number of phenols is 1. The summed E-state index contributed by atoms with van der Waals surface area (Å²) in [4.78, 5) is 24.9. The molecule has 0 aliphatic heterocycles. The molecule has 0 atom stereocenters. The van der Waals surface area contributed by atoms with E-state index in [1.807, 2.05) is 6.92 Å². The van der Waals surface area contributed by atoms with Crippen LogP contribution in [0, 0.1) is 6.92 Å². The van der Waals surface area contributed by atoms with Gasteiger partial charge in [0.2, 0.25) is 0 Å². The molecular formula is C16H12O4. The minimum Gasteiger partial charge on any atom is -0.504 e. The van der Waals surface area contributed by atoms with Crippen molar-refractivity contribution in [3.8, 4) is 11.5 Å². The van der Waals surface area contributed by atoms with Crippen LogP contribution in [0.5, 0.6) is 11.5 Å². The van der Waals surface area contributed by atoms with Crippen LogP contribution < -0.4 is 4.74 Å². The Morgan fingerprint density at radius 3 is 2.20 bits per heavy atom. The van der Waals surface area contributed by atoms with Gasteiger partial charge in [-0.05, 0) is 25.1 Å². The lowest BCUT2D eigenvalue weighted by molar-refractivity contribution is 0.0978. The molecule has 0 radical (unpaired) electrons. The number of hydrogen-bond donors (Lipinski definition) is 1. The summed E-state index contributed by atoms with van der Waals surface area (Å²) in [6, 6.07) is 7.85. The lowest BCUT2D eigenvalue weighted by Gasteiger charge is -2.19. The molecule has 20 heavy (non-hydrogen) atoms. The highest BCUT2D eigenvalue weighted by Gasteiger charge is 2.31. The highest BCUT2D eigenvalue weighted by Crippen LogP contribution is 2.35. The van der Waals surface area contributed by atoms with Gasteiger partial charge in [0.05, 0.1) is 7.11 Å². The maximum atomic E-state index is 12.5. The van der Waals surface area contributed by atoms with Crippen LogP contribution in [-0.2, 0) is 0 Å². The number of ketones is 2. The Morgan fingerprint density at radius 1 is 0.900 bits per heavy atom. The Balaban J connectivity index is 2.29. The van der Waals surface area contributed by atoms with Crippen molar-refractivity contribution < 1.29 is 19.4 Å². The van der Waals surface area contributed by atoms with Crippen LogP contribution in [0.2, 0.25) is 0 Å². The first-order valence-corrected chi connectivity index (χ1v) is 6.14. The molecule has 0 amide bonds. The summed E-state index contributed by atoms with van der Waals surface area (Å²) in [7, 11) is 1.40. The average molecular weight is 268 g/mol. The number of hydrogen-bond acceptors (Lipinski definition) is 4. The van der Waals surface area contributed by atoms with Gasteiger partial charge < -0.3 is 9.84 Å². The number of carbonyl (C=O) groups excluding carboxylic acids is 2. The fourth-order valence-electron chi connectivity index (χ4n) is 2.44. The number of fused-ring (bicyclic) bond motifs is 2. The smallest absolute Gasteiger partial charge is 0.194 e. The summed E-state index contributed by atoms with van der Waals surface area (Å²) < 4.78 is 4.99. The van der Waals surface area contributed by atoms with Crippen molar-refractivity contribution in [1.82, 2.24) is 0 Å². The van der Waals surface area contributed by atoms with Crippen molar-refractivity contribution in [2.75, 3.05) is 7.11 Å². The van der Waals surface area contributed by atoms with E-state index in [2.05, 4.69) is 0 Å². The molecule has 4 nitrogen and oxygen atoms in total. The number of ether oxygens (including phenoxy) is 1. The molecule has 2 aromatic carbocycles. The molecule has 100 valence electrons. The van der Waals surface area contributed by atoms with Crippen molar-refractivity contribution in [2.45, 2.75) is 6.92 Å². The van der Waals surface area contributed by atoms with Crippen LogP contribution in [0.25, 0.3) is 0 Å². The van der Waals surface area contributed by atoms with Gasteiger partial charge in [-0.15, -0.1) is 0 Å². The van der Waals surface area contributed by atoms with Crippen LogP contribution in [0.3, 0.4) is 0 Å². The summed E-state index contributed by atoms with van der Waals surface area (Å²) in [5, 5.41) is 9.78. The molecule has 0 bridgehead atoms. The Bertz CT molecular complexity index is 759. The third kappa shape index (κ3) is 1.61. The van der Waals surface area contributed by atoms with Crippen molar-refractivity contribution >= 4 is 11.6 Å². The predicted octanol–water partition coefficient (Wildman–Crippen LogP) is 2.48. The van der Waals surface area contributed by atoms with Crippen molar-refractivity contribution in [3.63, 3.8) is 0 Å². The third-order valence-electron chi connectivity index (χ3n) is 3.47. The van der Waals surface area contributed by atoms with Gasteiger partial charge in [-0.2, -0.15) is 0 Å². The normalized spacial score (nSPS) is 12.9. The molecule has 3 rings (SSSR count). The van der Waals surface area contributed by atoms with E-state index in [1.54, 1.807) is 18.2 Å². The lowest BCUT2D eigenvalue weighted by Crippen LogP contribution is -2.21. The summed E-state index contributed by atoms with van der Waals surface area (Å²) in [5.74, 6) is -0.451. The van der Waals surface area contributed by atoms with Gasteiger partial charge >= 0.3 is 0 Å². The first kappa shape index (κ1) is 12.4. The molecule has 1 N–H and O–H groups in total. The topological polar surface area (TPSA) is 63.6 Å². The molecule has 1 aliphatic carbocycles. The van der Waals surface area contributed by atoms with Crippen LogP contribution in [-0.4, -0.2) is 23.8 Å². The van der Waals surface area contributed by atoms with Gasteiger partial charge in [0, 0.05) is 22.3 Å². The molecule has 0 spiro atoms. The van der Waals surface area contributed by atoms with E-state index in [9.17, 15) is 14.7 Å². The second-order valence-corrected chi connectivity index (χ2v) is 4.78. The van der Waals surface area contributed by atoms with Crippen LogP contribution in [0.4, 0.5) is 0 Å². The highest BCUT2D eigenvalue weighted by molar-refractivity contribution is 6.28. The summed E-state index contributed by atoms with van der Waals surface area (Å²) >= 11 is 0. The first-order valence-electron chi connectivity index (χ1n) is 6.14. The first-order chi connectivity index (χ1) is 9.52. The van der Waals surface area contributed by atoms with Crippen molar-refractivity contribution in [3.05, 3.63) is 58.1 Å². The zero-order valence-corrected chi connectivity index (χ0v) is 11.1. The Morgan fingerprint density at radius 2 is 1.50 bits per heavy atom. The fourth-order valence-corrected chi connectivity index (χ4v) is 2.44. The zero-order valence-electron chi connectivity index (χ0n) is 11.1. The number of carbonyl (C=O) groups is 2. The standard InChI is InChI=1S/C16H12O4/c1-8-3-4-9-10(5-8)16(19)11-6-13(17)14(20-2)7-12(11)15(9)18/h3-7,17H,1-2H3. The third-order valence-corrected chi connectivity index (χ3v) is 3.47. The molecule has 1 aliphatic rings. The number of benzene rings is 2. The minimum atomic E-state index is -0.253. The maximum Gasteiger partial charge on any atom is 0.194 e. The van der Waals surface area contributed by atoms with Gasteiger partial charge in [-0.1, -0.05) is 17.7 Å². The molecule has 4 heteroatoms. The Kier molecular flexibility index (Phi) is 2.61. The van der Waals surface area contributed by atoms with Crippen molar-refractivity contribution in [2.24, 2.45) is 0 Å². The molecule has 2 aromatic rings. The minimum absolute atomic E-state index is 0.150. The van der Waals surface area contributed by atoms with Crippen LogP contribution >= 0.6 is 0 Å². The number of methoxy groups -OCH3 is 1. The van der Waals surface area contributed by atoms with Crippen molar-refractivity contribution in [1.29, 1.82) is 0 Å². The molecule has 0 unspecified atom stereocenters. The molecule has 0 fully saturated rings. The second kappa shape index (κ2) is 4.20. The quantitative estimate of drug-likeness (QED) is 0.736. The highest BCUT2D eigenvalue weighted by atomic mass is 16.5. The number of rotatable bonds is 1. The van der Waals surface area contributed by atoms with E-state index in [-0.39, 0.29) is 34.2 Å². The van der Waals surface area contributed by atoms with Crippen LogP contribution in [0.1, 0.15) is 37.4 Å². The Hall–Kier alpha value is -2.62. The summed E-state index contributed by atoms with van der Waals surface area (Å²) in [6.07, 6.45) is 0. The van der Waals surface area contributed by atoms with E-state index >= 15 is 0 Å². The van der Waals surface area contributed by atoms with E-state index in [0.29, 0.717) is 11.1 Å². The van der Waals surface area contributed by atoms with Gasteiger partial charge in [0.15, 0.2) is 23.1 Å². The predicted molar refractivity (Wildman–Crippen MR) is 72.7 cm³/mol. The largest absolute Gasteiger partial charge is 0.504 e. The summed E-state index contributed by atoms with van der Waals surface area (Å²) in [5.41, 5.74) is 2.16. The molecule has 0 aromatic heterocycles. The monoisotopic (exact) mass is 268 g/mol. The lowest BCUT2D eigenvalue weighted by atomic mass is 9.83. The zero-order chi connectivity index (χ0) is 14.4. The molecular weight excluding hydrogens is 256 g/mol. The molecule has 0 heterocycles. The van der Waals surface area contributed by atoms with Gasteiger partial charge in [-0.25, -0.2) is 0 Å². The number of phenolic OH excluding ortho intramolecular Hbond substituents is 1. The summed E-state index contributed by atoms with van der Waals surface area (Å²) in [6.45, 7) is 1.86. The SMILES string of the molecule is COc1cc2c(cc1O)C(=O)c1cc(C)ccc1C2=O. The second-order valence-electron chi connectivity index (χ2n) is 4.78. The molecule has 0 saturated heterocycles. The van der Waals surface area contributed by atoms with Gasteiger partial charge in [-0.3, -0.25) is 9.59 Å². The van der Waals surface area contributed by atoms with Gasteiger partial charge in [0.25, 0.3) is 0 Å². The maximum absolute atomic E-state index is 12.5. The van der Waals surface area contributed by atoms with Crippen LogP contribution in [0.15, 0.2) is 30.3 Å². The average Bonchev–Trinajstić information content (AvgIpc) is 2.44. The number of aromatic hydroxyl groups is 1. The van der Waals surface area contributed by atoms with E-state index in [4.69, 9.17) is 4.74 Å². The van der Waals surface area contributed by atoms with E-state index < -0.39 is 0 Å². The molecule has 0 saturated carbocycles. The van der Waals surface area contributed by atoms with E-state index in [0.717, 1.165) is 5.56 Å². The number of aryl methyl sites for hydroxylation is 1. The fraction of sp³-hybridized carbons (Fsp3) is 0.125.